The topological polar surface area (TPSA) is 49.7 Å². The van der Waals surface area contributed by atoms with Crippen molar-refractivity contribution in [1.29, 1.82) is 0 Å². The van der Waals surface area contributed by atoms with Gasteiger partial charge in [-0.15, -0.1) is 16.0 Å². The first-order valence-corrected chi connectivity index (χ1v) is 7.09. The molecule has 2 rings (SSSR count). The zero-order valence-electron chi connectivity index (χ0n) is 9.59. The van der Waals surface area contributed by atoms with Crippen LogP contribution in [0.2, 0.25) is 0 Å². The second-order valence-corrected chi connectivity index (χ2v) is 6.36. The van der Waals surface area contributed by atoms with Crippen LogP contribution >= 0.6 is 11.6 Å². The third-order valence-corrected chi connectivity index (χ3v) is 3.96. The minimum atomic E-state index is -3.53. The highest BCUT2D eigenvalue weighted by Crippen LogP contribution is 2.27. The van der Waals surface area contributed by atoms with E-state index in [0.29, 0.717) is 17.9 Å². The van der Waals surface area contributed by atoms with Crippen LogP contribution in [0.5, 0.6) is 0 Å². The summed E-state index contributed by atoms with van der Waals surface area (Å²) in [6.07, 6.45) is 0. The van der Waals surface area contributed by atoms with Gasteiger partial charge in [-0.2, -0.15) is 8.42 Å². The highest BCUT2D eigenvalue weighted by molar-refractivity contribution is 7.90. The van der Waals surface area contributed by atoms with Crippen LogP contribution in [0, 0.1) is 0 Å². The molecule has 1 aliphatic heterocycles. The molecule has 1 heterocycles. The number of rotatable bonds is 2. The van der Waals surface area contributed by atoms with Crippen molar-refractivity contribution in [3.63, 3.8) is 0 Å². The molecule has 1 aromatic carbocycles. The van der Waals surface area contributed by atoms with Crippen LogP contribution in [0.15, 0.2) is 33.6 Å². The molecular formula is C11H13ClN2O2S. The molecule has 92 valence electrons. The Kier molecular flexibility index (Phi) is 3.14. The molecule has 1 atom stereocenters. The van der Waals surface area contributed by atoms with Gasteiger partial charge in [0.1, 0.15) is 4.90 Å². The largest absolute Gasteiger partial charge is 0.357 e. The monoisotopic (exact) mass is 272 g/mol. The number of alkyl halides is 1. The van der Waals surface area contributed by atoms with Crippen LogP contribution in [-0.4, -0.2) is 38.1 Å². The lowest BCUT2D eigenvalue weighted by atomic mass is 10.2. The van der Waals surface area contributed by atoms with E-state index in [9.17, 15) is 8.42 Å². The van der Waals surface area contributed by atoms with Crippen molar-refractivity contribution in [2.75, 3.05) is 13.6 Å². The maximum Gasteiger partial charge on any atom is 0.285 e. The number of amidine groups is 1. The summed E-state index contributed by atoms with van der Waals surface area (Å²) in [5.74, 6) is 0.466. The first-order valence-electron chi connectivity index (χ1n) is 5.21. The maximum atomic E-state index is 11.8. The SMILES string of the molecule is CC(Cl)CN(C)C1=NS(=O)(=O)c2ccccc21. The van der Waals surface area contributed by atoms with Crippen molar-refractivity contribution < 1.29 is 8.42 Å². The van der Waals surface area contributed by atoms with Gasteiger partial charge in [-0.3, -0.25) is 0 Å². The fourth-order valence-corrected chi connectivity index (χ4v) is 3.29. The molecular weight excluding hydrogens is 260 g/mol. The quantitative estimate of drug-likeness (QED) is 0.770. The van der Waals surface area contributed by atoms with Gasteiger partial charge >= 0.3 is 0 Å². The molecule has 0 aliphatic carbocycles. The average molecular weight is 273 g/mol. The summed E-state index contributed by atoms with van der Waals surface area (Å²) in [5.41, 5.74) is 0.646. The molecule has 0 fully saturated rings. The molecule has 0 amide bonds. The predicted octanol–water partition coefficient (Wildman–Crippen LogP) is 1.69. The van der Waals surface area contributed by atoms with E-state index in [-0.39, 0.29) is 10.3 Å². The molecule has 1 aliphatic rings. The van der Waals surface area contributed by atoms with Crippen molar-refractivity contribution in [1.82, 2.24) is 4.90 Å². The highest BCUT2D eigenvalue weighted by atomic mass is 35.5. The molecule has 6 heteroatoms. The lowest BCUT2D eigenvalue weighted by molar-refractivity contribution is 0.506. The summed E-state index contributed by atoms with van der Waals surface area (Å²) >= 11 is 5.90. The van der Waals surface area contributed by atoms with E-state index in [2.05, 4.69) is 4.40 Å². The van der Waals surface area contributed by atoms with Crippen molar-refractivity contribution >= 4 is 27.5 Å². The van der Waals surface area contributed by atoms with E-state index in [0.717, 1.165) is 0 Å². The molecule has 0 radical (unpaired) electrons. The van der Waals surface area contributed by atoms with E-state index >= 15 is 0 Å². The van der Waals surface area contributed by atoms with Gasteiger partial charge in [0.2, 0.25) is 0 Å². The van der Waals surface area contributed by atoms with Gasteiger partial charge in [0.25, 0.3) is 10.0 Å². The first kappa shape index (κ1) is 12.4. The first-order chi connectivity index (χ1) is 7.92. The third-order valence-electron chi connectivity index (χ3n) is 2.50. The van der Waals surface area contributed by atoms with Crippen molar-refractivity contribution in [2.24, 2.45) is 4.40 Å². The Labute approximate surface area is 106 Å². The smallest absolute Gasteiger partial charge is 0.285 e. The van der Waals surface area contributed by atoms with Gasteiger partial charge < -0.3 is 4.90 Å². The van der Waals surface area contributed by atoms with Gasteiger partial charge in [0.15, 0.2) is 5.84 Å². The molecule has 0 aromatic heterocycles. The van der Waals surface area contributed by atoms with Crippen LogP contribution in [-0.2, 0) is 10.0 Å². The molecule has 0 N–H and O–H groups in total. The minimum absolute atomic E-state index is 0.0711. The Hall–Kier alpha value is -1.07. The Balaban J connectivity index is 2.45. The Bertz CT molecular complexity index is 567. The summed E-state index contributed by atoms with van der Waals surface area (Å²) in [5, 5.41) is -0.0711. The summed E-state index contributed by atoms with van der Waals surface area (Å²) < 4.78 is 27.4. The number of hydrogen-bond acceptors (Lipinski definition) is 3. The number of nitrogens with zero attached hydrogens (tertiary/aromatic N) is 2. The summed E-state index contributed by atoms with van der Waals surface area (Å²) in [6, 6.07) is 6.82. The highest BCUT2D eigenvalue weighted by Gasteiger charge is 2.30. The van der Waals surface area contributed by atoms with Crippen molar-refractivity contribution in [3.8, 4) is 0 Å². The Morgan fingerprint density at radius 3 is 2.71 bits per heavy atom. The number of halogens is 1. The van der Waals surface area contributed by atoms with Crippen LogP contribution in [0.4, 0.5) is 0 Å². The van der Waals surface area contributed by atoms with Gasteiger partial charge in [0, 0.05) is 24.5 Å². The predicted molar refractivity (Wildman–Crippen MR) is 68.1 cm³/mol. The fourth-order valence-electron chi connectivity index (χ4n) is 1.83. The van der Waals surface area contributed by atoms with Crippen LogP contribution in [0.3, 0.4) is 0 Å². The lowest BCUT2D eigenvalue weighted by Crippen LogP contribution is -2.31. The van der Waals surface area contributed by atoms with Gasteiger partial charge in [0.05, 0.1) is 0 Å². The Morgan fingerprint density at radius 1 is 1.41 bits per heavy atom. The summed E-state index contributed by atoms with van der Waals surface area (Å²) in [6.45, 7) is 2.40. The average Bonchev–Trinajstić information content (AvgIpc) is 2.51. The summed E-state index contributed by atoms with van der Waals surface area (Å²) in [4.78, 5) is 2.03. The van der Waals surface area contributed by atoms with Crippen LogP contribution < -0.4 is 0 Å². The van der Waals surface area contributed by atoms with Crippen molar-refractivity contribution in [2.45, 2.75) is 17.2 Å². The number of sulfonamides is 1. The van der Waals surface area contributed by atoms with Gasteiger partial charge in [-0.1, -0.05) is 12.1 Å². The number of fused-ring (bicyclic) bond motifs is 1. The van der Waals surface area contributed by atoms with E-state index in [1.807, 2.05) is 6.92 Å². The van der Waals surface area contributed by atoms with Crippen molar-refractivity contribution in [3.05, 3.63) is 29.8 Å². The molecule has 0 spiro atoms. The zero-order valence-corrected chi connectivity index (χ0v) is 11.2. The zero-order chi connectivity index (χ0) is 12.6. The normalized spacial score (nSPS) is 18.4. The molecule has 0 bridgehead atoms. The van der Waals surface area contributed by atoms with Crippen LogP contribution in [0.1, 0.15) is 12.5 Å². The summed E-state index contributed by atoms with van der Waals surface area (Å²) in [7, 11) is -1.75. The number of benzene rings is 1. The standard InChI is InChI=1S/C11H13ClN2O2S/c1-8(12)7-14(2)11-9-5-3-4-6-10(9)17(15,16)13-11/h3-6,8H,7H2,1-2H3. The van der Waals surface area contributed by atoms with E-state index in [1.165, 1.54) is 0 Å². The molecule has 0 saturated heterocycles. The Morgan fingerprint density at radius 2 is 2.06 bits per heavy atom. The van der Waals surface area contributed by atoms with Crippen LogP contribution in [0.25, 0.3) is 0 Å². The number of hydrogen-bond donors (Lipinski definition) is 0. The van der Waals surface area contributed by atoms with Gasteiger partial charge in [-0.25, -0.2) is 0 Å². The third kappa shape index (κ3) is 2.30. The van der Waals surface area contributed by atoms with E-state index in [1.54, 1.807) is 36.2 Å². The lowest BCUT2D eigenvalue weighted by Gasteiger charge is -2.19. The second kappa shape index (κ2) is 4.31. The minimum Gasteiger partial charge on any atom is -0.357 e. The fraction of sp³-hybridized carbons (Fsp3) is 0.364. The molecule has 4 nitrogen and oxygen atoms in total. The molecule has 1 unspecified atom stereocenters. The maximum absolute atomic E-state index is 11.8. The molecule has 0 saturated carbocycles. The molecule has 1 aromatic rings. The van der Waals surface area contributed by atoms with Gasteiger partial charge in [-0.05, 0) is 19.1 Å². The second-order valence-electron chi connectivity index (χ2n) is 4.05. The van der Waals surface area contributed by atoms with E-state index < -0.39 is 10.0 Å². The van der Waals surface area contributed by atoms with E-state index in [4.69, 9.17) is 11.6 Å². The molecule has 17 heavy (non-hydrogen) atoms.